The van der Waals surface area contributed by atoms with Gasteiger partial charge in [0.15, 0.2) is 0 Å². The van der Waals surface area contributed by atoms with Gasteiger partial charge in [0.2, 0.25) is 11.8 Å². The van der Waals surface area contributed by atoms with E-state index in [4.69, 9.17) is 16.0 Å². The zero-order valence-electron chi connectivity index (χ0n) is 11.3. The fourth-order valence-electron chi connectivity index (χ4n) is 2.53. The molecule has 5 heteroatoms. The highest BCUT2D eigenvalue weighted by Crippen LogP contribution is 2.21. The third-order valence-corrected chi connectivity index (χ3v) is 3.93. The molecule has 4 nitrogen and oxygen atoms in total. The lowest BCUT2D eigenvalue weighted by Crippen LogP contribution is -2.34. The average molecular weight is 292 g/mol. The van der Waals surface area contributed by atoms with Crippen LogP contribution in [-0.4, -0.2) is 22.8 Å². The van der Waals surface area contributed by atoms with Gasteiger partial charge in [-0.05, 0) is 50.1 Å². The minimum Gasteiger partial charge on any atom is -0.421 e. The number of halogens is 1. The van der Waals surface area contributed by atoms with E-state index in [0.717, 1.165) is 24.9 Å². The van der Waals surface area contributed by atoms with Crippen LogP contribution in [0.25, 0.3) is 11.5 Å². The van der Waals surface area contributed by atoms with Gasteiger partial charge < -0.3 is 9.73 Å². The summed E-state index contributed by atoms with van der Waals surface area (Å²) in [5, 5.41) is 12.5. The van der Waals surface area contributed by atoms with Gasteiger partial charge >= 0.3 is 0 Å². The molecule has 1 N–H and O–H groups in total. The zero-order chi connectivity index (χ0) is 13.8. The summed E-state index contributed by atoms with van der Waals surface area (Å²) in [5.41, 5.74) is 0.906. The zero-order valence-corrected chi connectivity index (χ0v) is 12.1. The molecule has 2 aromatic rings. The minimum absolute atomic E-state index is 0.563. The molecular formula is C15H18ClN3O. The second-order valence-electron chi connectivity index (χ2n) is 5.19. The van der Waals surface area contributed by atoms with Crippen LogP contribution in [0.4, 0.5) is 0 Å². The molecule has 1 aromatic heterocycles. The largest absolute Gasteiger partial charge is 0.421 e. The smallest absolute Gasteiger partial charge is 0.247 e. The van der Waals surface area contributed by atoms with Crippen LogP contribution in [0.5, 0.6) is 0 Å². The van der Waals surface area contributed by atoms with Gasteiger partial charge in [0.25, 0.3) is 0 Å². The van der Waals surface area contributed by atoms with Crippen LogP contribution in [0.15, 0.2) is 28.7 Å². The first-order chi connectivity index (χ1) is 9.81. The molecule has 1 saturated heterocycles. The maximum absolute atomic E-state index is 5.87. The van der Waals surface area contributed by atoms with Crippen molar-refractivity contribution >= 4 is 11.6 Å². The number of nitrogens with one attached hydrogen (secondary N) is 1. The SMILES string of the molecule is Clc1ccc(-c2nnc(CCC3CCCCN3)o2)cc1. The number of piperidine rings is 1. The van der Waals surface area contributed by atoms with Crippen molar-refractivity contribution in [3.63, 3.8) is 0 Å². The van der Waals surface area contributed by atoms with Crippen molar-refractivity contribution in [3.8, 4) is 11.5 Å². The van der Waals surface area contributed by atoms with Gasteiger partial charge in [-0.25, -0.2) is 0 Å². The number of hydrogen-bond donors (Lipinski definition) is 1. The Kier molecular flexibility index (Phi) is 4.33. The highest BCUT2D eigenvalue weighted by atomic mass is 35.5. The molecule has 1 fully saturated rings. The summed E-state index contributed by atoms with van der Waals surface area (Å²) >= 11 is 5.87. The van der Waals surface area contributed by atoms with E-state index in [1.807, 2.05) is 24.3 Å². The number of benzene rings is 1. The molecule has 0 spiro atoms. The summed E-state index contributed by atoms with van der Waals surface area (Å²) in [5.74, 6) is 1.27. The van der Waals surface area contributed by atoms with Crippen molar-refractivity contribution in [1.82, 2.24) is 15.5 Å². The van der Waals surface area contributed by atoms with Crippen molar-refractivity contribution in [2.45, 2.75) is 38.1 Å². The van der Waals surface area contributed by atoms with Crippen molar-refractivity contribution in [3.05, 3.63) is 35.2 Å². The van der Waals surface area contributed by atoms with E-state index in [9.17, 15) is 0 Å². The summed E-state index contributed by atoms with van der Waals surface area (Å²) in [6, 6.07) is 8.03. The van der Waals surface area contributed by atoms with E-state index in [1.54, 1.807) is 0 Å². The fraction of sp³-hybridized carbons (Fsp3) is 0.467. The summed E-state index contributed by atoms with van der Waals surface area (Å²) in [4.78, 5) is 0. The summed E-state index contributed by atoms with van der Waals surface area (Å²) in [6.07, 6.45) is 5.74. The molecule has 1 aliphatic heterocycles. The Morgan fingerprint density at radius 1 is 1.20 bits per heavy atom. The minimum atomic E-state index is 0.563. The molecule has 0 radical (unpaired) electrons. The molecule has 0 saturated carbocycles. The van der Waals surface area contributed by atoms with Gasteiger partial charge in [-0.3, -0.25) is 0 Å². The Morgan fingerprint density at radius 2 is 2.05 bits per heavy atom. The number of aromatic nitrogens is 2. The molecule has 2 heterocycles. The van der Waals surface area contributed by atoms with E-state index < -0.39 is 0 Å². The molecule has 0 bridgehead atoms. The van der Waals surface area contributed by atoms with E-state index in [2.05, 4.69) is 15.5 Å². The molecule has 1 aromatic carbocycles. The van der Waals surface area contributed by atoms with Crippen LogP contribution < -0.4 is 5.32 Å². The van der Waals surface area contributed by atoms with Crippen LogP contribution >= 0.6 is 11.6 Å². The predicted molar refractivity (Wildman–Crippen MR) is 78.7 cm³/mol. The maximum Gasteiger partial charge on any atom is 0.247 e. The second kappa shape index (κ2) is 6.37. The molecule has 1 unspecified atom stereocenters. The van der Waals surface area contributed by atoms with Crippen molar-refractivity contribution in [2.75, 3.05) is 6.54 Å². The monoisotopic (exact) mass is 291 g/mol. The molecule has 0 amide bonds. The van der Waals surface area contributed by atoms with Crippen LogP contribution in [0.1, 0.15) is 31.6 Å². The van der Waals surface area contributed by atoms with Gasteiger partial charge in [0, 0.05) is 23.0 Å². The lowest BCUT2D eigenvalue weighted by molar-refractivity contribution is 0.369. The lowest BCUT2D eigenvalue weighted by atomic mass is 10.0. The quantitative estimate of drug-likeness (QED) is 0.937. The molecule has 1 atom stereocenters. The van der Waals surface area contributed by atoms with Crippen LogP contribution in [-0.2, 0) is 6.42 Å². The van der Waals surface area contributed by atoms with E-state index in [-0.39, 0.29) is 0 Å². The Hall–Kier alpha value is -1.39. The van der Waals surface area contributed by atoms with Gasteiger partial charge in [-0.1, -0.05) is 18.0 Å². The van der Waals surface area contributed by atoms with E-state index >= 15 is 0 Å². The van der Waals surface area contributed by atoms with Crippen LogP contribution in [0, 0.1) is 0 Å². The Bertz CT molecular complexity index is 547. The average Bonchev–Trinajstić information content (AvgIpc) is 2.96. The van der Waals surface area contributed by atoms with Crippen molar-refractivity contribution in [2.24, 2.45) is 0 Å². The molecule has 0 aliphatic carbocycles. The van der Waals surface area contributed by atoms with Gasteiger partial charge in [-0.2, -0.15) is 0 Å². The van der Waals surface area contributed by atoms with Gasteiger partial charge in [0.1, 0.15) is 0 Å². The molecule has 1 aliphatic rings. The third kappa shape index (κ3) is 3.38. The molecule has 106 valence electrons. The summed E-state index contributed by atoms with van der Waals surface area (Å²) < 4.78 is 5.71. The predicted octanol–water partition coefficient (Wildman–Crippen LogP) is 3.46. The standard InChI is InChI=1S/C15H18ClN3O/c16-12-6-4-11(5-7-12)15-19-18-14(20-15)9-8-13-3-1-2-10-17-13/h4-7,13,17H,1-3,8-10H2. The third-order valence-electron chi connectivity index (χ3n) is 3.68. The first-order valence-corrected chi connectivity index (χ1v) is 7.51. The van der Waals surface area contributed by atoms with Crippen LogP contribution in [0.3, 0.4) is 0 Å². The number of rotatable bonds is 4. The van der Waals surface area contributed by atoms with Crippen molar-refractivity contribution < 1.29 is 4.42 Å². The van der Waals surface area contributed by atoms with E-state index in [1.165, 1.54) is 19.3 Å². The number of hydrogen-bond acceptors (Lipinski definition) is 4. The van der Waals surface area contributed by atoms with E-state index in [0.29, 0.717) is 22.8 Å². The van der Waals surface area contributed by atoms with Gasteiger partial charge in [0.05, 0.1) is 0 Å². The summed E-state index contributed by atoms with van der Waals surface area (Å²) in [7, 11) is 0. The topological polar surface area (TPSA) is 51.0 Å². The number of aryl methyl sites for hydroxylation is 1. The summed E-state index contributed by atoms with van der Waals surface area (Å²) in [6.45, 7) is 1.13. The molecule has 20 heavy (non-hydrogen) atoms. The first kappa shape index (κ1) is 13.6. The molecule has 3 rings (SSSR count). The highest BCUT2D eigenvalue weighted by molar-refractivity contribution is 6.30. The first-order valence-electron chi connectivity index (χ1n) is 7.13. The fourth-order valence-corrected chi connectivity index (χ4v) is 2.66. The lowest BCUT2D eigenvalue weighted by Gasteiger charge is -2.22. The Morgan fingerprint density at radius 3 is 2.80 bits per heavy atom. The normalized spacial score (nSPS) is 19.1. The maximum atomic E-state index is 5.87. The Labute approximate surface area is 123 Å². The number of nitrogens with zero attached hydrogens (tertiary/aromatic N) is 2. The van der Waals surface area contributed by atoms with Crippen LogP contribution in [0.2, 0.25) is 5.02 Å². The Balaban J connectivity index is 1.60. The molecular weight excluding hydrogens is 274 g/mol. The second-order valence-corrected chi connectivity index (χ2v) is 5.63. The van der Waals surface area contributed by atoms with Gasteiger partial charge in [-0.15, -0.1) is 10.2 Å². The highest BCUT2D eigenvalue weighted by Gasteiger charge is 2.14. The van der Waals surface area contributed by atoms with Crippen molar-refractivity contribution in [1.29, 1.82) is 0 Å².